The van der Waals surface area contributed by atoms with Crippen LogP contribution in [-0.4, -0.2) is 32.3 Å². The number of sulfonamides is 1. The van der Waals surface area contributed by atoms with Crippen LogP contribution in [0.5, 0.6) is 0 Å². The molecular formula is C11H16N4O5S. The Labute approximate surface area is 121 Å². The van der Waals surface area contributed by atoms with Gasteiger partial charge in [-0.3, -0.25) is 14.9 Å². The van der Waals surface area contributed by atoms with Gasteiger partial charge >= 0.3 is 0 Å². The Kier molecular flexibility index (Phi) is 5.61. The zero-order valence-electron chi connectivity index (χ0n) is 11.3. The number of nitrogens with zero attached hydrogens (tertiary/aromatic N) is 1. The summed E-state index contributed by atoms with van der Waals surface area (Å²) < 4.78 is 26.1. The smallest absolute Gasteiger partial charge is 0.289 e. The van der Waals surface area contributed by atoms with Gasteiger partial charge in [-0.15, -0.1) is 0 Å². The van der Waals surface area contributed by atoms with E-state index in [0.29, 0.717) is 13.0 Å². The number of hydrogen-bond donors (Lipinski definition) is 3. The minimum atomic E-state index is -4.21. The maximum absolute atomic E-state index is 12.0. The lowest BCUT2D eigenvalue weighted by Gasteiger charge is -2.08. The summed E-state index contributed by atoms with van der Waals surface area (Å²) in [5.74, 6) is -0.521. The molecule has 0 aliphatic heterocycles. The quantitative estimate of drug-likeness (QED) is 0.366. The fraction of sp³-hybridized carbons (Fsp3) is 0.364. The van der Waals surface area contributed by atoms with Crippen LogP contribution in [0, 0.1) is 10.1 Å². The van der Waals surface area contributed by atoms with Crippen molar-refractivity contribution in [3.63, 3.8) is 0 Å². The third-order valence-corrected chi connectivity index (χ3v) is 3.90. The molecule has 0 spiro atoms. The second-order valence-electron chi connectivity index (χ2n) is 4.16. The molecule has 116 valence electrons. The summed E-state index contributed by atoms with van der Waals surface area (Å²) in [5.41, 5.74) is 4.91. The normalized spacial score (nSPS) is 11.1. The maximum Gasteiger partial charge on any atom is 0.289 e. The zero-order chi connectivity index (χ0) is 16.0. The number of carbonyl (C=O) groups excluding carboxylic acids is 1. The van der Waals surface area contributed by atoms with Crippen LogP contribution in [-0.2, 0) is 14.8 Å². The lowest BCUT2D eigenvalue weighted by atomic mass is 10.3. The molecule has 0 bridgehead atoms. The van der Waals surface area contributed by atoms with E-state index in [4.69, 9.17) is 5.73 Å². The molecule has 21 heavy (non-hydrogen) atoms. The Morgan fingerprint density at radius 2 is 2.10 bits per heavy atom. The zero-order valence-corrected chi connectivity index (χ0v) is 12.1. The van der Waals surface area contributed by atoms with Gasteiger partial charge in [0.2, 0.25) is 15.9 Å². The van der Waals surface area contributed by atoms with Crippen molar-refractivity contribution in [2.45, 2.75) is 18.2 Å². The van der Waals surface area contributed by atoms with Crippen molar-refractivity contribution in [3.05, 3.63) is 28.3 Å². The summed E-state index contributed by atoms with van der Waals surface area (Å²) in [7, 11) is -4.21. The Bertz CT molecular complexity index is 644. The Hall–Kier alpha value is -2.20. The second-order valence-corrected chi connectivity index (χ2v) is 5.89. The van der Waals surface area contributed by atoms with Crippen LogP contribution in [0.4, 0.5) is 11.4 Å². The van der Waals surface area contributed by atoms with E-state index in [1.807, 2.05) is 11.6 Å². The molecule has 0 saturated heterocycles. The Morgan fingerprint density at radius 1 is 1.43 bits per heavy atom. The van der Waals surface area contributed by atoms with Crippen molar-refractivity contribution in [2.24, 2.45) is 0 Å². The number of nitro groups is 1. The van der Waals surface area contributed by atoms with E-state index in [-0.39, 0.29) is 5.69 Å². The van der Waals surface area contributed by atoms with Crippen molar-refractivity contribution in [2.75, 3.05) is 18.8 Å². The van der Waals surface area contributed by atoms with Crippen LogP contribution in [0.15, 0.2) is 23.1 Å². The number of nitro benzene ring substituents is 1. The van der Waals surface area contributed by atoms with Crippen LogP contribution in [0.25, 0.3) is 0 Å². The van der Waals surface area contributed by atoms with E-state index in [2.05, 4.69) is 5.32 Å². The molecule has 0 saturated carbocycles. The number of anilines is 1. The number of nitrogens with two attached hydrogens (primary N) is 1. The van der Waals surface area contributed by atoms with Crippen LogP contribution < -0.4 is 15.8 Å². The van der Waals surface area contributed by atoms with Gasteiger partial charge in [-0.25, -0.2) is 13.1 Å². The van der Waals surface area contributed by atoms with Crippen molar-refractivity contribution in [3.8, 4) is 0 Å². The van der Waals surface area contributed by atoms with Gasteiger partial charge in [0.05, 0.1) is 11.5 Å². The monoisotopic (exact) mass is 316 g/mol. The fourth-order valence-corrected chi connectivity index (χ4v) is 2.65. The Morgan fingerprint density at radius 3 is 2.67 bits per heavy atom. The number of hydrogen-bond acceptors (Lipinski definition) is 6. The molecular weight excluding hydrogens is 300 g/mol. The van der Waals surface area contributed by atoms with E-state index in [1.165, 1.54) is 6.07 Å². The molecule has 0 atom stereocenters. The number of nitrogens with one attached hydrogen (secondary N) is 2. The lowest BCUT2D eigenvalue weighted by molar-refractivity contribution is -0.387. The van der Waals surface area contributed by atoms with Gasteiger partial charge in [0.25, 0.3) is 5.69 Å². The number of carbonyl (C=O) groups is 1. The molecule has 0 fully saturated rings. The molecule has 1 aromatic carbocycles. The molecule has 1 aromatic rings. The molecule has 0 aliphatic carbocycles. The summed E-state index contributed by atoms with van der Waals surface area (Å²) in [5, 5.41) is 13.3. The largest absolute Gasteiger partial charge is 0.399 e. The predicted octanol–water partition coefficient (Wildman–Crippen LogP) is -0.0185. The van der Waals surface area contributed by atoms with Gasteiger partial charge in [0.15, 0.2) is 4.90 Å². The minimum absolute atomic E-state index is 0.0661. The highest BCUT2D eigenvalue weighted by molar-refractivity contribution is 7.89. The molecule has 9 nitrogen and oxygen atoms in total. The van der Waals surface area contributed by atoms with Gasteiger partial charge in [0, 0.05) is 18.3 Å². The van der Waals surface area contributed by atoms with E-state index >= 15 is 0 Å². The summed E-state index contributed by atoms with van der Waals surface area (Å²) in [6.45, 7) is 1.76. The van der Waals surface area contributed by atoms with Crippen molar-refractivity contribution >= 4 is 27.3 Å². The molecule has 0 aliphatic rings. The number of amides is 1. The van der Waals surface area contributed by atoms with E-state index in [1.54, 1.807) is 0 Å². The third kappa shape index (κ3) is 4.68. The van der Waals surface area contributed by atoms with E-state index < -0.39 is 38.0 Å². The summed E-state index contributed by atoms with van der Waals surface area (Å²) in [6, 6.07) is 3.20. The van der Waals surface area contributed by atoms with Crippen molar-refractivity contribution in [1.29, 1.82) is 0 Å². The molecule has 0 aromatic heterocycles. The molecule has 0 unspecified atom stereocenters. The highest BCUT2D eigenvalue weighted by atomic mass is 32.2. The Balaban J connectivity index is 2.95. The summed E-state index contributed by atoms with van der Waals surface area (Å²) >= 11 is 0. The van der Waals surface area contributed by atoms with Crippen LogP contribution in [0.1, 0.15) is 13.3 Å². The van der Waals surface area contributed by atoms with Gasteiger partial charge in [-0.1, -0.05) is 6.92 Å². The average Bonchev–Trinajstić information content (AvgIpc) is 2.42. The number of benzene rings is 1. The first-order valence-electron chi connectivity index (χ1n) is 6.08. The van der Waals surface area contributed by atoms with Crippen LogP contribution in [0.2, 0.25) is 0 Å². The molecule has 10 heteroatoms. The lowest BCUT2D eigenvalue weighted by Crippen LogP contribution is -2.37. The van der Waals surface area contributed by atoms with Gasteiger partial charge in [-0.05, 0) is 18.6 Å². The van der Waals surface area contributed by atoms with Crippen molar-refractivity contribution in [1.82, 2.24) is 10.0 Å². The highest BCUT2D eigenvalue weighted by Crippen LogP contribution is 2.25. The average molecular weight is 316 g/mol. The molecule has 0 heterocycles. The highest BCUT2D eigenvalue weighted by Gasteiger charge is 2.26. The third-order valence-electron chi connectivity index (χ3n) is 2.46. The predicted molar refractivity (Wildman–Crippen MR) is 76.0 cm³/mol. The first-order chi connectivity index (χ1) is 9.77. The standard InChI is InChI=1S/C11H16N4O5S/c1-2-5-13-11(16)7-14-21(19,20)10-6-8(12)3-4-9(10)15(17)18/h3-4,6,14H,2,5,7,12H2,1H3,(H,13,16). The number of nitrogen functional groups attached to an aromatic ring is 1. The van der Waals surface area contributed by atoms with E-state index in [0.717, 1.165) is 12.1 Å². The fourth-order valence-electron chi connectivity index (χ4n) is 1.46. The molecule has 1 rings (SSSR count). The molecule has 1 amide bonds. The van der Waals surface area contributed by atoms with Crippen LogP contribution >= 0.6 is 0 Å². The van der Waals surface area contributed by atoms with E-state index in [9.17, 15) is 23.3 Å². The SMILES string of the molecule is CCCNC(=O)CNS(=O)(=O)c1cc(N)ccc1[N+](=O)[O-]. The van der Waals surface area contributed by atoms with Crippen LogP contribution in [0.3, 0.4) is 0 Å². The minimum Gasteiger partial charge on any atom is -0.399 e. The number of rotatable bonds is 7. The molecule has 4 N–H and O–H groups in total. The summed E-state index contributed by atoms with van der Waals surface area (Å²) in [4.78, 5) is 20.8. The van der Waals surface area contributed by atoms with Crippen molar-refractivity contribution < 1.29 is 18.1 Å². The molecule has 0 radical (unpaired) electrons. The van der Waals surface area contributed by atoms with Gasteiger partial charge in [0.1, 0.15) is 0 Å². The first-order valence-corrected chi connectivity index (χ1v) is 7.56. The maximum atomic E-state index is 12.0. The second kappa shape index (κ2) is 6.99. The first kappa shape index (κ1) is 16.9. The van der Waals surface area contributed by atoms with Gasteiger partial charge in [-0.2, -0.15) is 0 Å². The summed E-state index contributed by atoms with van der Waals surface area (Å²) in [6.07, 6.45) is 0.708. The topological polar surface area (TPSA) is 144 Å². The van der Waals surface area contributed by atoms with Gasteiger partial charge < -0.3 is 11.1 Å².